The van der Waals surface area contributed by atoms with Crippen LogP contribution in [0.2, 0.25) is 0 Å². The number of H-pyrrole nitrogens is 1. The number of hydrogen-bond donors (Lipinski definition) is 3. The van der Waals surface area contributed by atoms with Crippen molar-refractivity contribution < 1.29 is 13.9 Å². The average Bonchev–Trinajstić information content (AvgIpc) is 3.20. The predicted molar refractivity (Wildman–Crippen MR) is 111 cm³/mol. The summed E-state index contributed by atoms with van der Waals surface area (Å²) in [5, 5.41) is 11.7. The lowest BCUT2D eigenvalue weighted by atomic mass is 10.1. The summed E-state index contributed by atoms with van der Waals surface area (Å²) in [5.41, 5.74) is 7.96. The fraction of sp³-hybridized carbons (Fsp3) is 0.333. The second-order valence-electron chi connectivity index (χ2n) is 7.56. The van der Waals surface area contributed by atoms with Crippen LogP contribution >= 0.6 is 0 Å². The Balaban J connectivity index is 1.70. The quantitative estimate of drug-likeness (QED) is 0.515. The number of benzene rings is 1. The van der Waals surface area contributed by atoms with Crippen LogP contribution in [-0.2, 0) is 9.47 Å². The van der Waals surface area contributed by atoms with Crippen molar-refractivity contribution in [2.75, 3.05) is 25.1 Å². The van der Waals surface area contributed by atoms with Crippen LogP contribution in [0.15, 0.2) is 36.5 Å². The molecule has 0 unspecified atom stereocenters. The molecule has 1 fully saturated rings. The molecule has 3 aromatic rings. The largest absolute Gasteiger partial charge is 0.353 e. The van der Waals surface area contributed by atoms with Crippen LogP contribution in [0.5, 0.6) is 0 Å². The fourth-order valence-corrected chi connectivity index (χ4v) is 3.10. The maximum Gasteiger partial charge on any atom is 0.223 e. The number of hydrogen-bond acceptors (Lipinski definition) is 8. The smallest absolute Gasteiger partial charge is 0.223 e. The molecule has 0 aliphatic carbocycles. The van der Waals surface area contributed by atoms with Crippen molar-refractivity contribution in [3.8, 4) is 28.7 Å². The minimum Gasteiger partial charge on any atom is -0.353 e. The van der Waals surface area contributed by atoms with Gasteiger partial charge >= 0.3 is 0 Å². The van der Waals surface area contributed by atoms with Crippen LogP contribution in [0.25, 0.3) is 22.6 Å². The van der Waals surface area contributed by atoms with Crippen molar-refractivity contribution in [1.29, 1.82) is 5.26 Å². The lowest BCUT2D eigenvalue weighted by Crippen LogP contribution is -2.50. The molecule has 4 rings (SSSR count). The minimum atomic E-state index is -0.709. The van der Waals surface area contributed by atoms with E-state index < -0.39 is 11.8 Å². The number of nitrogens with one attached hydrogen (secondary N) is 2. The zero-order valence-electron chi connectivity index (χ0n) is 16.9. The zero-order valence-corrected chi connectivity index (χ0v) is 16.9. The van der Waals surface area contributed by atoms with Crippen molar-refractivity contribution in [2.45, 2.75) is 25.2 Å². The first kappa shape index (κ1) is 20.9. The molecule has 160 valence electrons. The van der Waals surface area contributed by atoms with E-state index in [1.165, 1.54) is 12.1 Å². The highest BCUT2D eigenvalue weighted by Crippen LogP contribution is 2.33. The summed E-state index contributed by atoms with van der Waals surface area (Å²) < 4.78 is 25.0. The van der Waals surface area contributed by atoms with Crippen molar-refractivity contribution in [2.24, 2.45) is 5.73 Å². The van der Waals surface area contributed by atoms with Gasteiger partial charge in [-0.15, -0.1) is 0 Å². The number of aromatic amines is 1. The van der Waals surface area contributed by atoms with Crippen LogP contribution in [0.1, 0.15) is 25.5 Å². The van der Waals surface area contributed by atoms with E-state index in [0.717, 1.165) is 0 Å². The monoisotopic (exact) mass is 423 g/mol. The zero-order chi connectivity index (χ0) is 21.8. The van der Waals surface area contributed by atoms with Gasteiger partial charge in [0.15, 0.2) is 5.82 Å². The van der Waals surface area contributed by atoms with Gasteiger partial charge in [0.1, 0.15) is 5.82 Å². The molecule has 9 nitrogen and oxygen atoms in total. The minimum absolute atomic E-state index is 0.319. The van der Waals surface area contributed by atoms with Gasteiger partial charge in [0.2, 0.25) is 12.2 Å². The Morgan fingerprint density at radius 3 is 2.71 bits per heavy atom. The Hall–Kier alpha value is -3.39. The summed E-state index contributed by atoms with van der Waals surface area (Å²) in [6.07, 6.45) is 1.23. The maximum atomic E-state index is 13.5. The average molecular weight is 423 g/mol. The molecule has 0 bridgehead atoms. The van der Waals surface area contributed by atoms with Gasteiger partial charge in [-0.1, -0.05) is 0 Å². The second-order valence-corrected chi connectivity index (χ2v) is 7.56. The molecule has 0 amide bonds. The number of ether oxygens (including phenoxy) is 2. The third-order valence-electron chi connectivity index (χ3n) is 4.62. The van der Waals surface area contributed by atoms with E-state index in [-0.39, 0.29) is 5.82 Å². The molecule has 4 N–H and O–H groups in total. The first-order chi connectivity index (χ1) is 14.9. The van der Waals surface area contributed by atoms with Gasteiger partial charge < -0.3 is 25.5 Å². The van der Waals surface area contributed by atoms with E-state index in [9.17, 15) is 4.39 Å². The van der Waals surface area contributed by atoms with E-state index in [2.05, 4.69) is 31.3 Å². The fourth-order valence-electron chi connectivity index (χ4n) is 3.10. The lowest BCUT2D eigenvalue weighted by molar-refractivity contribution is -0.211. The number of anilines is 1. The molecule has 0 saturated carbocycles. The van der Waals surface area contributed by atoms with E-state index >= 15 is 0 Å². The highest BCUT2D eigenvalue weighted by molar-refractivity contribution is 5.77. The molecule has 2 aromatic heterocycles. The number of nitrogens with two attached hydrogens (primary N) is 1. The number of nitrogens with zero attached hydrogens (tertiary/aromatic N) is 4. The number of halogens is 1. The van der Waals surface area contributed by atoms with Gasteiger partial charge in [-0.25, -0.2) is 19.3 Å². The molecular formula is C21H22FN7O2. The number of imidazole rings is 1. The van der Waals surface area contributed by atoms with Gasteiger partial charge in [0.25, 0.3) is 0 Å². The number of rotatable bonds is 6. The molecule has 0 atom stereocenters. The number of aromatic nitrogens is 4. The molecule has 3 heterocycles. The molecule has 0 radical (unpaired) electrons. The van der Waals surface area contributed by atoms with E-state index in [1.807, 2.05) is 6.92 Å². The predicted octanol–water partition coefficient (Wildman–Crippen LogP) is 2.76. The summed E-state index contributed by atoms with van der Waals surface area (Å²) >= 11 is 0. The molecule has 31 heavy (non-hydrogen) atoms. The van der Waals surface area contributed by atoms with Crippen molar-refractivity contribution in [3.05, 3.63) is 48.2 Å². The Morgan fingerprint density at radius 2 is 2.00 bits per heavy atom. The second kappa shape index (κ2) is 8.77. The van der Waals surface area contributed by atoms with Crippen molar-refractivity contribution in [3.63, 3.8) is 0 Å². The van der Waals surface area contributed by atoms with Crippen molar-refractivity contribution >= 4 is 5.95 Å². The highest BCUT2D eigenvalue weighted by atomic mass is 19.1. The highest BCUT2D eigenvalue weighted by Gasteiger charge is 2.32. The van der Waals surface area contributed by atoms with Crippen LogP contribution in [0.4, 0.5) is 10.3 Å². The molecule has 1 saturated heterocycles. The van der Waals surface area contributed by atoms with Gasteiger partial charge in [-0.2, -0.15) is 5.26 Å². The standard InChI is InChI=1S/C21H22FN7O2/c1-21(24)11-30-19(31-12-21)18-28-16(13-3-5-14(22)6-4-13)17(29-18)15-7-10-26-20(27-15)25-9-2-8-23/h3-7,10,19H,2,9,11-12,24H2,1H3,(H,28,29)(H,25,26,27). The lowest BCUT2D eigenvalue weighted by Gasteiger charge is -2.33. The summed E-state index contributed by atoms with van der Waals surface area (Å²) in [6.45, 7) is 2.92. The Kier molecular flexibility index (Phi) is 5.90. The molecule has 0 spiro atoms. The number of nitriles is 1. The summed E-state index contributed by atoms with van der Waals surface area (Å²) in [4.78, 5) is 16.6. The molecule has 10 heteroatoms. The Morgan fingerprint density at radius 1 is 1.26 bits per heavy atom. The Bertz CT molecular complexity index is 1080. The van der Waals surface area contributed by atoms with Gasteiger partial charge in [-0.3, -0.25) is 0 Å². The Labute approximate surface area is 178 Å². The molecule has 1 aromatic carbocycles. The molecule has 1 aliphatic heterocycles. The van der Waals surface area contributed by atoms with Crippen LogP contribution in [0, 0.1) is 17.1 Å². The van der Waals surface area contributed by atoms with Crippen LogP contribution in [0.3, 0.4) is 0 Å². The van der Waals surface area contributed by atoms with Crippen LogP contribution < -0.4 is 11.1 Å². The van der Waals surface area contributed by atoms with Gasteiger partial charge in [0, 0.05) is 18.3 Å². The normalized spacial score (nSPS) is 20.9. The van der Waals surface area contributed by atoms with E-state index in [0.29, 0.717) is 60.6 Å². The SMILES string of the molecule is CC1(N)COC(c2nc(-c3ccc(F)cc3)c(-c3ccnc(NCCC#N)n3)[nH]2)OC1. The van der Waals surface area contributed by atoms with Gasteiger partial charge in [-0.05, 0) is 37.3 Å². The van der Waals surface area contributed by atoms with Gasteiger partial charge in [0.05, 0.1) is 48.3 Å². The van der Waals surface area contributed by atoms with Crippen molar-refractivity contribution in [1.82, 2.24) is 19.9 Å². The first-order valence-electron chi connectivity index (χ1n) is 9.77. The molecule has 1 aliphatic rings. The summed E-state index contributed by atoms with van der Waals surface area (Å²) in [7, 11) is 0. The topological polar surface area (TPSA) is 135 Å². The summed E-state index contributed by atoms with van der Waals surface area (Å²) in [5.74, 6) is 0.508. The first-order valence-corrected chi connectivity index (χ1v) is 9.77. The van der Waals surface area contributed by atoms with E-state index in [1.54, 1.807) is 24.4 Å². The third-order valence-corrected chi connectivity index (χ3v) is 4.62. The summed E-state index contributed by atoms with van der Waals surface area (Å²) in [6, 6.07) is 9.83. The van der Waals surface area contributed by atoms with Crippen LogP contribution in [-0.4, -0.2) is 45.2 Å². The maximum absolute atomic E-state index is 13.5. The molecular weight excluding hydrogens is 401 g/mol. The third kappa shape index (κ3) is 4.86. The van der Waals surface area contributed by atoms with E-state index in [4.69, 9.17) is 20.5 Å².